The predicted octanol–water partition coefficient (Wildman–Crippen LogP) is 6.56. The maximum atomic E-state index is 12.9. The van der Waals surface area contributed by atoms with Gasteiger partial charge in [-0.1, -0.05) is 45.0 Å². The summed E-state index contributed by atoms with van der Waals surface area (Å²) in [5.74, 6) is -0.252. The topological polar surface area (TPSA) is 56.9 Å². The molecule has 0 atom stereocenters. The predicted molar refractivity (Wildman–Crippen MR) is 105 cm³/mol. The van der Waals surface area contributed by atoms with Gasteiger partial charge in [-0.25, -0.2) is 4.98 Å². The molecule has 0 unspecified atom stereocenters. The van der Waals surface area contributed by atoms with E-state index in [1.54, 1.807) is 12.1 Å². The zero-order chi connectivity index (χ0) is 20.7. The third kappa shape index (κ3) is 3.87. The SMILES string of the molecule is CC(C)(C)c1ccc(C(O)=C(C#N)c2nc3cc(C(F)(F)F)ccc3s2)cc1. The molecule has 0 amide bonds. The van der Waals surface area contributed by atoms with Crippen molar-refractivity contribution in [1.82, 2.24) is 4.98 Å². The van der Waals surface area contributed by atoms with Crippen LogP contribution in [-0.2, 0) is 11.6 Å². The molecule has 0 aliphatic rings. The first kappa shape index (κ1) is 19.9. The summed E-state index contributed by atoms with van der Waals surface area (Å²) in [4.78, 5) is 4.14. The molecule has 1 heterocycles. The summed E-state index contributed by atoms with van der Waals surface area (Å²) >= 11 is 1.06. The minimum atomic E-state index is -4.47. The van der Waals surface area contributed by atoms with Crippen molar-refractivity contribution in [2.75, 3.05) is 0 Å². The average molecular weight is 402 g/mol. The van der Waals surface area contributed by atoms with Gasteiger partial charge < -0.3 is 5.11 Å². The molecule has 0 saturated heterocycles. The van der Waals surface area contributed by atoms with E-state index in [1.165, 1.54) is 6.07 Å². The number of nitriles is 1. The highest BCUT2D eigenvalue weighted by molar-refractivity contribution is 7.19. The number of alkyl halides is 3. The molecule has 3 rings (SSSR count). The lowest BCUT2D eigenvalue weighted by Gasteiger charge is -2.19. The molecule has 0 aliphatic heterocycles. The molecule has 0 aliphatic carbocycles. The summed E-state index contributed by atoms with van der Waals surface area (Å²) in [6, 6.07) is 12.3. The van der Waals surface area contributed by atoms with Crippen LogP contribution in [0.3, 0.4) is 0 Å². The van der Waals surface area contributed by atoms with Crippen molar-refractivity contribution in [3.8, 4) is 6.07 Å². The highest BCUT2D eigenvalue weighted by Crippen LogP contribution is 2.35. The molecular formula is C21H17F3N2OS. The van der Waals surface area contributed by atoms with Gasteiger partial charge in [-0.3, -0.25) is 0 Å². The van der Waals surface area contributed by atoms with Gasteiger partial charge in [-0.05, 0) is 29.2 Å². The maximum Gasteiger partial charge on any atom is 0.416 e. The Labute approximate surface area is 164 Å². The number of nitrogens with zero attached hydrogens (tertiary/aromatic N) is 2. The fraction of sp³-hybridized carbons (Fsp3) is 0.238. The van der Waals surface area contributed by atoms with Gasteiger partial charge in [-0.15, -0.1) is 11.3 Å². The third-order valence-electron chi connectivity index (χ3n) is 4.30. The van der Waals surface area contributed by atoms with E-state index in [0.717, 1.165) is 29.0 Å². The lowest BCUT2D eigenvalue weighted by molar-refractivity contribution is -0.137. The van der Waals surface area contributed by atoms with E-state index in [4.69, 9.17) is 0 Å². The van der Waals surface area contributed by atoms with Gasteiger partial charge in [0.1, 0.15) is 22.4 Å². The fourth-order valence-corrected chi connectivity index (χ4v) is 3.63. The number of aromatic nitrogens is 1. The largest absolute Gasteiger partial charge is 0.506 e. The minimum Gasteiger partial charge on any atom is -0.506 e. The van der Waals surface area contributed by atoms with Crippen LogP contribution in [-0.4, -0.2) is 10.1 Å². The van der Waals surface area contributed by atoms with Crippen molar-refractivity contribution < 1.29 is 18.3 Å². The number of allylic oxidation sites excluding steroid dienone is 1. The summed E-state index contributed by atoms with van der Waals surface area (Å²) in [6.45, 7) is 6.19. The number of rotatable bonds is 2. The highest BCUT2D eigenvalue weighted by atomic mass is 32.1. The molecule has 3 nitrogen and oxygen atoms in total. The maximum absolute atomic E-state index is 12.9. The van der Waals surface area contributed by atoms with Crippen LogP contribution in [0, 0.1) is 11.3 Å². The fourth-order valence-electron chi connectivity index (χ4n) is 2.69. The van der Waals surface area contributed by atoms with Crippen molar-refractivity contribution in [2.45, 2.75) is 32.4 Å². The zero-order valence-corrected chi connectivity index (χ0v) is 16.2. The Morgan fingerprint density at radius 1 is 1.04 bits per heavy atom. The van der Waals surface area contributed by atoms with Crippen molar-refractivity contribution >= 4 is 32.9 Å². The lowest BCUT2D eigenvalue weighted by Crippen LogP contribution is -2.10. The van der Waals surface area contributed by atoms with E-state index in [0.29, 0.717) is 10.3 Å². The van der Waals surface area contributed by atoms with Crippen LogP contribution < -0.4 is 0 Å². The van der Waals surface area contributed by atoms with Gasteiger partial charge in [0.05, 0.1) is 15.8 Å². The van der Waals surface area contributed by atoms with Crippen LogP contribution in [0.1, 0.15) is 42.5 Å². The van der Waals surface area contributed by atoms with E-state index in [-0.39, 0.29) is 27.3 Å². The molecule has 1 N–H and O–H groups in total. The Kier molecular flexibility index (Phi) is 4.94. The molecule has 1 aromatic heterocycles. The quantitative estimate of drug-likeness (QED) is 0.390. The first-order valence-electron chi connectivity index (χ1n) is 8.43. The van der Waals surface area contributed by atoms with Crippen molar-refractivity contribution in [2.24, 2.45) is 0 Å². The summed E-state index contributed by atoms with van der Waals surface area (Å²) < 4.78 is 39.2. The van der Waals surface area contributed by atoms with Crippen molar-refractivity contribution in [1.29, 1.82) is 5.26 Å². The van der Waals surface area contributed by atoms with Crippen LogP contribution in [0.4, 0.5) is 13.2 Å². The van der Waals surface area contributed by atoms with E-state index < -0.39 is 11.7 Å². The number of fused-ring (bicyclic) bond motifs is 1. The second-order valence-corrected chi connectivity index (χ2v) is 8.39. The molecular weight excluding hydrogens is 385 g/mol. The van der Waals surface area contributed by atoms with Gasteiger partial charge in [0.15, 0.2) is 0 Å². The first-order chi connectivity index (χ1) is 13.0. The average Bonchev–Trinajstić information content (AvgIpc) is 3.03. The molecule has 0 radical (unpaired) electrons. The van der Waals surface area contributed by atoms with Crippen LogP contribution in [0.2, 0.25) is 0 Å². The van der Waals surface area contributed by atoms with Crippen molar-refractivity contribution in [3.05, 3.63) is 64.2 Å². The Balaban J connectivity index is 2.05. The monoisotopic (exact) mass is 402 g/mol. The molecule has 0 fully saturated rings. The number of thiazole rings is 1. The zero-order valence-electron chi connectivity index (χ0n) is 15.4. The van der Waals surface area contributed by atoms with E-state index in [9.17, 15) is 23.5 Å². The Bertz CT molecular complexity index is 1100. The Morgan fingerprint density at radius 2 is 1.64 bits per heavy atom. The van der Waals surface area contributed by atoms with Crippen LogP contribution in [0.25, 0.3) is 21.5 Å². The molecule has 28 heavy (non-hydrogen) atoms. The van der Waals surface area contributed by atoms with Gasteiger partial charge >= 0.3 is 6.18 Å². The summed E-state index contributed by atoms with van der Waals surface area (Å²) in [6.07, 6.45) is -4.47. The highest BCUT2D eigenvalue weighted by Gasteiger charge is 2.31. The molecule has 0 saturated carbocycles. The van der Waals surface area contributed by atoms with E-state index >= 15 is 0 Å². The number of aliphatic hydroxyl groups is 1. The number of aliphatic hydroxyl groups excluding tert-OH is 1. The second kappa shape index (κ2) is 6.95. The number of hydrogen-bond acceptors (Lipinski definition) is 4. The Hall–Kier alpha value is -2.85. The number of hydrogen-bond donors (Lipinski definition) is 1. The van der Waals surface area contributed by atoms with Crippen LogP contribution in [0.15, 0.2) is 42.5 Å². The lowest BCUT2D eigenvalue weighted by atomic mass is 9.86. The van der Waals surface area contributed by atoms with E-state index in [2.05, 4.69) is 25.8 Å². The first-order valence-corrected chi connectivity index (χ1v) is 9.25. The normalized spacial score (nSPS) is 13.3. The molecule has 144 valence electrons. The second-order valence-electron chi connectivity index (χ2n) is 7.36. The molecule has 2 aromatic carbocycles. The van der Waals surface area contributed by atoms with E-state index in [1.807, 2.05) is 18.2 Å². The van der Waals surface area contributed by atoms with Crippen molar-refractivity contribution in [3.63, 3.8) is 0 Å². The van der Waals surface area contributed by atoms with Gasteiger partial charge in [0, 0.05) is 5.56 Å². The van der Waals surface area contributed by atoms with Crippen LogP contribution >= 0.6 is 11.3 Å². The molecule has 0 spiro atoms. The van der Waals surface area contributed by atoms with Gasteiger partial charge in [0.2, 0.25) is 0 Å². The minimum absolute atomic E-state index is 0.0564. The Morgan fingerprint density at radius 3 is 2.18 bits per heavy atom. The van der Waals surface area contributed by atoms with Gasteiger partial charge in [0.25, 0.3) is 0 Å². The molecule has 0 bridgehead atoms. The summed E-state index contributed by atoms with van der Waals surface area (Å²) in [5.41, 5.74) is 0.721. The molecule has 7 heteroatoms. The standard InChI is InChI=1S/C21H17F3N2OS/c1-20(2,3)13-6-4-12(5-7-13)18(27)15(11-25)19-26-16-10-14(21(22,23)24)8-9-17(16)28-19/h4-10,27H,1-3H3. The summed E-state index contributed by atoms with van der Waals surface area (Å²) in [5, 5.41) is 20.3. The molecule has 3 aromatic rings. The third-order valence-corrected chi connectivity index (χ3v) is 5.36. The number of halogens is 3. The smallest absolute Gasteiger partial charge is 0.416 e. The number of benzene rings is 2. The summed E-state index contributed by atoms with van der Waals surface area (Å²) in [7, 11) is 0. The van der Waals surface area contributed by atoms with Crippen LogP contribution in [0.5, 0.6) is 0 Å². The van der Waals surface area contributed by atoms with Gasteiger partial charge in [-0.2, -0.15) is 18.4 Å².